The van der Waals surface area contributed by atoms with Crippen LogP contribution in [0, 0.1) is 0 Å². The Kier molecular flexibility index (Phi) is 5.03. The van der Waals surface area contributed by atoms with E-state index in [9.17, 15) is 4.79 Å². The Bertz CT molecular complexity index is 1190. The molecule has 0 bridgehead atoms. The molecule has 0 saturated carbocycles. The maximum absolute atomic E-state index is 11.8. The molecular formula is C21H15Cl2N3O2. The molecule has 3 aromatic heterocycles. The van der Waals surface area contributed by atoms with Crippen LogP contribution in [0.1, 0.15) is 21.7 Å². The summed E-state index contributed by atoms with van der Waals surface area (Å²) in [6.07, 6.45) is 2.24. The van der Waals surface area contributed by atoms with Gasteiger partial charge in [0.25, 0.3) is 0 Å². The zero-order valence-corrected chi connectivity index (χ0v) is 16.4. The van der Waals surface area contributed by atoms with Crippen molar-refractivity contribution in [2.75, 3.05) is 7.11 Å². The van der Waals surface area contributed by atoms with Crippen LogP contribution in [-0.4, -0.2) is 27.7 Å². The third-order valence-electron chi connectivity index (χ3n) is 4.35. The predicted molar refractivity (Wildman–Crippen MR) is 109 cm³/mol. The van der Waals surface area contributed by atoms with Crippen molar-refractivity contribution in [1.29, 1.82) is 0 Å². The van der Waals surface area contributed by atoms with Crippen LogP contribution in [0.5, 0.6) is 0 Å². The van der Waals surface area contributed by atoms with Gasteiger partial charge in [-0.05, 0) is 36.4 Å². The van der Waals surface area contributed by atoms with Gasteiger partial charge in [0.2, 0.25) is 0 Å². The molecule has 4 aromatic rings. The highest BCUT2D eigenvalue weighted by Gasteiger charge is 2.17. The molecule has 0 unspecified atom stereocenters. The van der Waals surface area contributed by atoms with Gasteiger partial charge < -0.3 is 4.74 Å². The van der Waals surface area contributed by atoms with Gasteiger partial charge in [0.1, 0.15) is 5.69 Å². The second-order valence-corrected chi connectivity index (χ2v) is 7.07. The number of aromatic nitrogens is 3. The second-order valence-electron chi connectivity index (χ2n) is 6.20. The fourth-order valence-corrected chi connectivity index (χ4v) is 3.44. The Morgan fingerprint density at radius 3 is 2.68 bits per heavy atom. The van der Waals surface area contributed by atoms with Crippen molar-refractivity contribution in [3.05, 3.63) is 87.8 Å². The van der Waals surface area contributed by atoms with Crippen LogP contribution in [0.15, 0.2) is 60.8 Å². The molecule has 0 aliphatic rings. The second kappa shape index (κ2) is 7.62. The highest BCUT2D eigenvalue weighted by Crippen LogP contribution is 2.30. The zero-order chi connectivity index (χ0) is 19.7. The first-order chi connectivity index (χ1) is 13.5. The van der Waals surface area contributed by atoms with E-state index in [-0.39, 0.29) is 5.69 Å². The van der Waals surface area contributed by atoms with Gasteiger partial charge in [-0.1, -0.05) is 41.4 Å². The molecule has 5 nitrogen and oxygen atoms in total. The van der Waals surface area contributed by atoms with Crippen LogP contribution >= 0.6 is 23.2 Å². The van der Waals surface area contributed by atoms with E-state index in [2.05, 4.69) is 4.98 Å². The summed E-state index contributed by atoms with van der Waals surface area (Å²) >= 11 is 12.3. The maximum Gasteiger partial charge on any atom is 0.356 e. The first-order valence-electron chi connectivity index (χ1n) is 8.52. The lowest BCUT2D eigenvalue weighted by Crippen LogP contribution is -2.06. The number of carbonyl (C=O) groups is 1. The summed E-state index contributed by atoms with van der Waals surface area (Å²) in [4.78, 5) is 16.2. The Morgan fingerprint density at radius 2 is 1.89 bits per heavy atom. The molecule has 0 spiro atoms. The lowest BCUT2D eigenvalue weighted by Gasteiger charge is -2.06. The summed E-state index contributed by atoms with van der Waals surface area (Å²) in [5.41, 5.74) is 4.56. The fraction of sp³-hybridized carbons (Fsp3) is 0.0952. The number of carbonyl (C=O) groups excluding carboxylic acids is 1. The average molecular weight is 412 g/mol. The third kappa shape index (κ3) is 3.59. The summed E-state index contributed by atoms with van der Waals surface area (Å²) in [6, 6.07) is 16.6. The first kappa shape index (κ1) is 18.5. The minimum Gasteiger partial charge on any atom is -0.464 e. The Hall–Kier alpha value is -2.89. The normalized spacial score (nSPS) is 11.0. The number of methoxy groups -OCH3 is 1. The minimum atomic E-state index is -0.469. The molecule has 0 aliphatic carbocycles. The summed E-state index contributed by atoms with van der Waals surface area (Å²) in [5, 5.41) is 5.93. The molecule has 7 heteroatoms. The molecule has 0 fully saturated rings. The predicted octanol–water partition coefficient (Wildman–Crippen LogP) is 5.08. The molecule has 0 aliphatic heterocycles. The highest BCUT2D eigenvalue weighted by molar-refractivity contribution is 6.31. The van der Waals surface area contributed by atoms with Crippen molar-refractivity contribution in [3.8, 4) is 11.3 Å². The van der Waals surface area contributed by atoms with E-state index < -0.39 is 5.97 Å². The number of nitrogens with zero attached hydrogens (tertiary/aromatic N) is 3. The molecular weight excluding hydrogens is 397 g/mol. The molecule has 0 radical (unpaired) electrons. The number of halogens is 2. The first-order valence-corrected chi connectivity index (χ1v) is 9.27. The number of hydrogen-bond acceptors (Lipinski definition) is 4. The molecule has 1 aromatic carbocycles. The van der Waals surface area contributed by atoms with Gasteiger partial charge in [-0.15, -0.1) is 0 Å². The Labute approximate surface area is 171 Å². The summed E-state index contributed by atoms with van der Waals surface area (Å²) < 4.78 is 6.52. The number of fused-ring (bicyclic) bond motifs is 1. The molecule has 0 amide bonds. The van der Waals surface area contributed by atoms with Gasteiger partial charge in [0.05, 0.1) is 23.3 Å². The van der Waals surface area contributed by atoms with Gasteiger partial charge in [-0.2, -0.15) is 5.10 Å². The lowest BCUT2D eigenvalue weighted by molar-refractivity contribution is 0.0593. The molecule has 0 saturated heterocycles. The van der Waals surface area contributed by atoms with Crippen molar-refractivity contribution in [2.45, 2.75) is 6.42 Å². The molecule has 28 heavy (non-hydrogen) atoms. The third-order valence-corrected chi connectivity index (χ3v) is 4.81. The van der Waals surface area contributed by atoms with Crippen LogP contribution in [0.3, 0.4) is 0 Å². The van der Waals surface area contributed by atoms with Crippen molar-refractivity contribution in [3.63, 3.8) is 0 Å². The van der Waals surface area contributed by atoms with Crippen LogP contribution in [0.25, 0.3) is 16.8 Å². The number of rotatable bonds is 4. The molecule has 3 heterocycles. The van der Waals surface area contributed by atoms with Crippen molar-refractivity contribution in [1.82, 2.24) is 14.6 Å². The zero-order valence-electron chi connectivity index (χ0n) is 14.9. The Morgan fingerprint density at radius 1 is 1.07 bits per heavy atom. The number of esters is 1. The van der Waals surface area contributed by atoms with Gasteiger partial charge in [-0.3, -0.25) is 0 Å². The smallest absolute Gasteiger partial charge is 0.356 e. The summed E-state index contributed by atoms with van der Waals surface area (Å²) in [5.74, 6) is -0.469. The fourth-order valence-electron chi connectivity index (χ4n) is 3.09. The van der Waals surface area contributed by atoms with Crippen LogP contribution in [-0.2, 0) is 11.2 Å². The number of hydrogen-bond donors (Lipinski definition) is 0. The SMILES string of the molecule is COC(=O)c1cccc(Cc2c(-c3cccc(Cl)c3)nn3cc(Cl)ccc23)n1. The van der Waals surface area contributed by atoms with E-state index in [1.165, 1.54) is 7.11 Å². The minimum absolute atomic E-state index is 0.267. The van der Waals surface area contributed by atoms with E-state index in [0.717, 1.165) is 28.0 Å². The maximum atomic E-state index is 11.8. The summed E-state index contributed by atoms with van der Waals surface area (Å²) in [7, 11) is 1.34. The van der Waals surface area contributed by atoms with Crippen molar-refractivity contribution in [2.24, 2.45) is 0 Å². The van der Waals surface area contributed by atoms with E-state index in [1.54, 1.807) is 22.8 Å². The van der Waals surface area contributed by atoms with Crippen LogP contribution in [0.4, 0.5) is 0 Å². The van der Waals surface area contributed by atoms with Gasteiger partial charge in [0.15, 0.2) is 0 Å². The monoisotopic (exact) mass is 411 g/mol. The molecule has 0 N–H and O–H groups in total. The van der Waals surface area contributed by atoms with E-state index in [1.807, 2.05) is 42.5 Å². The van der Waals surface area contributed by atoms with Crippen LogP contribution in [0.2, 0.25) is 10.0 Å². The van der Waals surface area contributed by atoms with E-state index in [4.69, 9.17) is 33.0 Å². The lowest BCUT2D eigenvalue weighted by atomic mass is 10.0. The van der Waals surface area contributed by atoms with Crippen LogP contribution < -0.4 is 0 Å². The quantitative estimate of drug-likeness (QED) is 0.439. The van der Waals surface area contributed by atoms with E-state index >= 15 is 0 Å². The van der Waals surface area contributed by atoms with Gasteiger partial charge in [0, 0.05) is 34.5 Å². The molecule has 140 valence electrons. The van der Waals surface area contributed by atoms with Gasteiger partial charge in [-0.25, -0.2) is 14.3 Å². The summed E-state index contributed by atoms with van der Waals surface area (Å²) in [6.45, 7) is 0. The molecule has 4 rings (SSSR count). The average Bonchev–Trinajstić information content (AvgIpc) is 3.05. The number of ether oxygens (including phenoxy) is 1. The van der Waals surface area contributed by atoms with Crippen molar-refractivity contribution < 1.29 is 9.53 Å². The highest BCUT2D eigenvalue weighted by atomic mass is 35.5. The standard InChI is InChI=1S/C21H15Cl2N3O2/c1-28-21(27)18-7-3-6-16(24-18)11-17-19-9-8-15(23)12-26(19)25-20(17)13-4-2-5-14(22)10-13/h2-10,12H,11H2,1H3. The van der Waals surface area contributed by atoms with Crippen molar-refractivity contribution >= 4 is 34.7 Å². The van der Waals surface area contributed by atoms with E-state index in [0.29, 0.717) is 16.5 Å². The number of benzene rings is 1. The van der Waals surface area contributed by atoms with Gasteiger partial charge >= 0.3 is 5.97 Å². The molecule has 0 atom stereocenters. The largest absolute Gasteiger partial charge is 0.464 e. The Balaban J connectivity index is 1.86. The topological polar surface area (TPSA) is 56.5 Å². The number of pyridine rings is 2.